The van der Waals surface area contributed by atoms with Gasteiger partial charge in [0.1, 0.15) is 0 Å². The van der Waals surface area contributed by atoms with Crippen LogP contribution in [0.5, 0.6) is 6.01 Å². The lowest BCUT2D eigenvalue weighted by molar-refractivity contribution is 0.113. The van der Waals surface area contributed by atoms with Gasteiger partial charge in [-0.15, -0.1) is 0 Å². The smallest absolute Gasteiger partial charge is 0.322 e. The van der Waals surface area contributed by atoms with Crippen molar-refractivity contribution in [1.29, 1.82) is 0 Å². The molecule has 1 heterocycles. The lowest BCUT2D eigenvalue weighted by Crippen LogP contribution is -2.15. The van der Waals surface area contributed by atoms with Crippen LogP contribution in [0.25, 0.3) is 0 Å². The van der Waals surface area contributed by atoms with Crippen molar-refractivity contribution in [2.24, 2.45) is 0 Å². The second-order valence-corrected chi connectivity index (χ2v) is 4.46. The zero-order valence-electron chi connectivity index (χ0n) is 10.5. The molecule has 7 nitrogen and oxygen atoms in total. The van der Waals surface area contributed by atoms with Gasteiger partial charge in [-0.1, -0.05) is 18.7 Å². The Kier molecular flexibility index (Phi) is 6.69. The average Bonchev–Trinajstić information content (AvgIpc) is 2.42. The topological polar surface area (TPSA) is 100 Å². The molecule has 0 amide bonds. The molecule has 1 rings (SSSR count). The number of hydrogen-bond donors (Lipinski definition) is 3. The monoisotopic (exact) mass is 274 g/mol. The van der Waals surface area contributed by atoms with Crippen LogP contribution in [-0.4, -0.2) is 57.3 Å². The van der Waals surface area contributed by atoms with Gasteiger partial charge in [-0.25, -0.2) is 0 Å². The molecule has 0 bridgehead atoms. The number of aromatic nitrogens is 3. The van der Waals surface area contributed by atoms with Gasteiger partial charge in [0.25, 0.3) is 0 Å². The number of rotatable bonds is 8. The Hall–Kier alpha value is -1.12. The van der Waals surface area contributed by atoms with E-state index in [4.69, 9.17) is 9.84 Å². The molecular formula is C10H18N4O3S. The zero-order valence-corrected chi connectivity index (χ0v) is 11.3. The molecule has 1 aromatic heterocycles. The van der Waals surface area contributed by atoms with Crippen molar-refractivity contribution < 1.29 is 14.9 Å². The summed E-state index contributed by atoms with van der Waals surface area (Å²) in [6.07, 6.45) is 0.0801. The SMILES string of the molecule is CCCOc1nc(NC)nc(SCC(O)CO)n1. The lowest BCUT2D eigenvalue weighted by Gasteiger charge is -2.08. The highest BCUT2D eigenvalue weighted by Gasteiger charge is 2.09. The number of aliphatic hydroxyl groups is 2. The largest absolute Gasteiger partial charge is 0.463 e. The van der Waals surface area contributed by atoms with Crippen LogP contribution >= 0.6 is 11.8 Å². The molecule has 18 heavy (non-hydrogen) atoms. The molecule has 0 spiro atoms. The van der Waals surface area contributed by atoms with E-state index >= 15 is 0 Å². The number of ether oxygens (including phenoxy) is 1. The molecule has 0 radical (unpaired) electrons. The van der Waals surface area contributed by atoms with Crippen LogP contribution < -0.4 is 10.1 Å². The Labute approximate surface area is 110 Å². The summed E-state index contributed by atoms with van der Waals surface area (Å²) in [6.45, 7) is 2.25. The fourth-order valence-corrected chi connectivity index (χ4v) is 1.74. The van der Waals surface area contributed by atoms with Crippen molar-refractivity contribution in [2.75, 3.05) is 31.3 Å². The summed E-state index contributed by atoms with van der Waals surface area (Å²) in [7, 11) is 1.70. The fraction of sp³-hybridized carbons (Fsp3) is 0.700. The number of nitrogens with one attached hydrogen (secondary N) is 1. The third-order valence-electron chi connectivity index (χ3n) is 1.87. The minimum atomic E-state index is -0.787. The standard InChI is InChI=1S/C10H18N4O3S/c1-3-4-17-9-12-8(11-2)13-10(14-9)18-6-7(16)5-15/h7,15-16H,3-6H2,1-2H3,(H,11,12,13,14). The van der Waals surface area contributed by atoms with E-state index in [1.807, 2.05) is 6.92 Å². The Morgan fingerprint density at radius 1 is 1.39 bits per heavy atom. The van der Waals surface area contributed by atoms with Crippen LogP contribution in [0.4, 0.5) is 5.95 Å². The Morgan fingerprint density at radius 2 is 2.17 bits per heavy atom. The molecule has 0 saturated heterocycles. The van der Waals surface area contributed by atoms with Crippen LogP contribution in [0, 0.1) is 0 Å². The summed E-state index contributed by atoms with van der Waals surface area (Å²) < 4.78 is 5.34. The fourth-order valence-electron chi connectivity index (χ4n) is 0.996. The third kappa shape index (κ3) is 5.03. The van der Waals surface area contributed by atoms with E-state index in [9.17, 15) is 5.11 Å². The number of aliphatic hydroxyl groups excluding tert-OH is 2. The highest BCUT2D eigenvalue weighted by Crippen LogP contribution is 2.18. The van der Waals surface area contributed by atoms with E-state index in [0.29, 0.717) is 23.5 Å². The van der Waals surface area contributed by atoms with Crippen molar-refractivity contribution in [3.8, 4) is 6.01 Å². The molecule has 0 fully saturated rings. The van der Waals surface area contributed by atoms with Crippen LogP contribution in [0.15, 0.2) is 5.16 Å². The maximum atomic E-state index is 9.27. The summed E-state index contributed by atoms with van der Waals surface area (Å²) >= 11 is 1.24. The van der Waals surface area contributed by atoms with E-state index in [1.54, 1.807) is 7.05 Å². The van der Waals surface area contributed by atoms with Gasteiger partial charge in [0.2, 0.25) is 5.95 Å². The number of nitrogens with zero attached hydrogens (tertiary/aromatic N) is 3. The van der Waals surface area contributed by atoms with Gasteiger partial charge in [-0.05, 0) is 6.42 Å². The van der Waals surface area contributed by atoms with Crippen LogP contribution in [0.1, 0.15) is 13.3 Å². The van der Waals surface area contributed by atoms with Crippen molar-refractivity contribution in [3.63, 3.8) is 0 Å². The molecular weight excluding hydrogens is 256 g/mol. The summed E-state index contributed by atoms with van der Waals surface area (Å²) in [5, 5.41) is 21.3. The Morgan fingerprint density at radius 3 is 2.78 bits per heavy atom. The third-order valence-corrected chi connectivity index (χ3v) is 2.86. The first-order chi connectivity index (χ1) is 8.69. The Bertz CT molecular complexity index is 367. The van der Waals surface area contributed by atoms with E-state index in [0.717, 1.165) is 6.42 Å². The zero-order chi connectivity index (χ0) is 13.4. The summed E-state index contributed by atoms with van der Waals surface area (Å²) in [5.74, 6) is 0.730. The van der Waals surface area contributed by atoms with Gasteiger partial charge in [-0.2, -0.15) is 15.0 Å². The average molecular weight is 274 g/mol. The molecule has 3 N–H and O–H groups in total. The lowest BCUT2D eigenvalue weighted by atomic mass is 10.4. The minimum Gasteiger partial charge on any atom is -0.463 e. The normalized spacial score (nSPS) is 12.2. The van der Waals surface area contributed by atoms with Crippen molar-refractivity contribution >= 4 is 17.7 Å². The number of anilines is 1. The first-order valence-electron chi connectivity index (χ1n) is 5.68. The molecule has 0 aliphatic heterocycles. The maximum Gasteiger partial charge on any atom is 0.322 e. The molecule has 0 aliphatic rings. The second kappa shape index (κ2) is 8.06. The molecule has 1 aromatic rings. The van der Waals surface area contributed by atoms with Gasteiger partial charge >= 0.3 is 6.01 Å². The van der Waals surface area contributed by atoms with Gasteiger partial charge in [0.05, 0.1) is 19.3 Å². The van der Waals surface area contributed by atoms with Crippen LogP contribution in [-0.2, 0) is 0 Å². The predicted octanol–water partition coefficient (Wildman–Crippen LogP) is 0.147. The van der Waals surface area contributed by atoms with Crippen molar-refractivity contribution in [1.82, 2.24) is 15.0 Å². The summed E-state index contributed by atoms with van der Waals surface area (Å²) in [4.78, 5) is 12.3. The summed E-state index contributed by atoms with van der Waals surface area (Å²) in [6, 6.07) is 0.261. The van der Waals surface area contributed by atoms with Crippen molar-refractivity contribution in [3.05, 3.63) is 0 Å². The van der Waals surface area contributed by atoms with E-state index < -0.39 is 6.10 Å². The van der Waals surface area contributed by atoms with Gasteiger partial charge in [-0.3, -0.25) is 0 Å². The molecule has 1 atom stereocenters. The van der Waals surface area contributed by atoms with Crippen LogP contribution in [0.3, 0.4) is 0 Å². The highest BCUT2D eigenvalue weighted by molar-refractivity contribution is 7.99. The predicted molar refractivity (Wildman–Crippen MR) is 69.0 cm³/mol. The van der Waals surface area contributed by atoms with Crippen molar-refractivity contribution in [2.45, 2.75) is 24.6 Å². The molecule has 0 saturated carbocycles. The first-order valence-corrected chi connectivity index (χ1v) is 6.66. The molecule has 1 unspecified atom stereocenters. The van der Waals surface area contributed by atoms with E-state index in [1.165, 1.54) is 11.8 Å². The molecule has 0 aliphatic carbocycles. The summed E-state index contributed by atoms with van der Waals surface area (Å²) in [5.41, 5.74) is 0. The quantitative estimate of drug-likeness (QED) is 0.576. The van der Waals surface area contributed by atoms with Gasteiger partial charge < -0.3 is 20.3 Å². The molecule has 0 aromatic carbocycles. The molecule has 8 heteroatoms. The highest BCUT2D eigenvalue weighted by atomic mass is 32.2. The Balaban J connectivity index is 2.70. The second-order valence-electron chi connectivity index (χ2n) is 3.47. The minimum absolute atomic E-state index is 0.261. The van der Waals surface area contributed by atoms with Gasteiger partial charge in [0.15, 0.2) is 5.16 Å². The number of hydrogen-bond acceptors (Lipinski definition) is 8. The van der Waals surface area contributed by atoms with Gasteiger partial charge in [0, 0.05) is 12.8 Å². The van der Waals surface area contributed by atoms with E-state index in [2.05, 4.69) is 20.3 Å². The number of thioether (sulfide) groups is 1. The van der Waals surface area contributed by atoms with Crippen LogP contribution in [0.2, 0.25) is 0 Å². The molecule has 102 valence electrons. The van der Waals surface area contributed by atoms with E-state index in [-0.39, 0.29) is 12.6 Å². The maximum absolute atomic E-state index is 9.27. The first kappa shape index (κ1) is 14.9.